The second-order valence-electron chi connectivity index (χ2n) is 5.20. The lowest BCUT2D eigenvalue weighted by atomic mass is 10.0. The van der Waals surface area contributed by atoms with E-state index in [0.717, 1.165) is 27.7 Å². The Morgan fingerprint density at radius 3 is 2.86 bits per heavy atom. The summed E-state index contributed by atoms with van der Waals surface area (Å²) >= 11 is 1.73. The number of thiophene rings is 1. The SMILES string of the molecule is NCc1cccc(-c2c[nH]c3ncc(-c4cccs4)cc23)c1. The number of pyridine rings is 1. The fraction of sp³-hybridized carbons (Fsp3) is 0.0556. The van der Waals surface area contributed by atoms with Crippen LogP contribution in [0.3, 0.4) is 0 Å². The molecule has 3 N–H and O–H groups in total. The quantitative estimate of drug-likeness (QED) is 0.589. The van der Waals surface area contributed by atoms with E-state index in [-0.39, 0.29) is 0 Å². The molecule has 0 radical (unpaired) electrons. The van der Waals surface area contributed by atoms with Crippen LogP contribution in [0.2, 0.25) is 0 Å². The predicted molar refractivity (Wildman–Crippen MR) is 92.7 cm³/mol. The number of nitrogens with one attached hydrogen (secondary N) is 1. The van der Waals surface area contributed by atoms with Crippen LogP contribution in [-0.2, 0) is 6.54 Å². The van der Waals surface area contributed by atoms with E-state index in [4.69, 9.17) is 5.73 Å². The molecular formula is C18H15N3S. The predicted octanol–water partition coefficient (Wildman–Crippen LogP) is 4.42. The molecular weight excluding hydrogens is 290 g/mol. The van der Waals surface area contributed by atoms with Crippen LogP contribution in [0.15, 0.2) is 60.2 Å². The van der Waals surface area contributed by atoms with E-state index in [1.807, 2.05) is 24.5 Å². The number of nitrogens with zero attached hydrogens (tertiary/aromatic N) is 1. The summed E-state index contributed by atoms with van der Waals surface area (Å²) in [6, 6.07) is 14.7. The largest absolute Gasteiger partial charge is 0.346 e. The summed E-state index contributed by atoms with van der Waals surface area (Å²) in [5.41, 5.74) is 11.3. The van der Waals surface area contributed by atoms with E-state index < -0.39 is 0 Å². The van der Waals surface area contributed by atoms with Crippen molar-refractivity contribution in [3.05, 3.63) is 65.8 Å². The summed E-state index contributed by atoms with van der Waals surface area (Å²) < 4.78 is 0. The molecule has 0 aliphatic carbocycles. The highest BCUT2D eigenvalue weighted by molar-refractivity contribution is 7.13. The molecule has 4 rings (SSSR count). The van der Waals surface area contributed by atoms with Gasteiger partial charge in [-0.1, -0.05) is 24.3 Å². The highest BCUT2D eigenvalue weighted by atomic mass is 32.1. The van der Waals surface area contributed by atoms with Crippen molar-refractivity contribution < 1.29 is 0 Å². The molecule has 0 aliphatic rings. The molecule has 0 atom stereocenters. The van der Waals surface area contributed by atoms with Crippen molar-refractivity contribution >= 4 is 22.4 Å². The maximum atomic E-state index is 5.75. The number of aromatic amines is 1. The second kappa shape index (κ2) is 5.40. The van der Waals surface area contributed by atoms with Crippen LogP contribution in [0, 0.1) is 0 Å². The van der Waals surface area contributed by atoms with Crippen LogP contribution < -0.4 is 5.73 Å². The zero-order valence-electron chi connectivity index (χ0n) is 11.9. The standard InChI is InChI=1S/C18H15N3S/c19-9-12-3-1-4-13(7-12)16-11-21-18-15(16)8-14(10-20-18)17-5-2-6-22-17/h1-8,10-11H,9,19H2,(H,20,21). The molecule has 0 spiro atoms. The van der Waals surface area contributed by atoms with Crippen molar-refractivity contribution in [3.8, 4) is 21.6 Å². The van der Waals surface area contributed by atoms with Gasteiger partial charge in [-0.2, -0.15) is 0 Å². The van der Waals surface area contributed by atoms with Crippen molar-refractivity contribution in [3.63, 3.8) is 0 Å². The van der Waals surface area contributed by atoms with Crippen LogP contribution in [-0.4, -0.2) is 9.97 Å². The first-order valence-corrected chi connectivity index (χ1v) is 8.03. The van der Waals surface area contributed by atoms with Gasteiger partial charge in [-0.05, 0) is 34.7 Å². The van der Waals surface area contributed by atoms with Gasteiger partial charge in [0, 0.05) is 40.3 Å². The third-order valence-electron chi connectivity index (χ3n) is 3.81. The number of hydrogen-bond acceptors (Lipinski definition) is 3. The van der Waals surface area contributed by atoms with Crippen molar-refractivity contribution in [2.24, 2.45) is 5.73 Å². The maximum absolute atomic E-state index is 5.75. The molecule has 108 valence electrons. The van der Waals surface area contributed by atoms with E-state index in [2.05, 4.69) is 45.7 Å². The summed E-state index contributed by atoms with van der Waals surface area (Å²) in [6.07, 6.45) is 3.94. The van der Waals surface area contributed by atoms with Crippen LogP contribution in [0.25, 0.3) is 32.6 Å². The number of rotatable bonds is 3. The summed E-state index contributed by atoms with van der Waals surface area (Å²) in [5, 5.41) is 3.22. The zero-order chi connectivity index (χ0) is 14.9. The summed E-state index contributed by atoms with van der Waals surface area (Å²) in [5.74, 6) is 0. The summed E-state index contributed by atoms with van der Waals surface area (Å²) in [7, 11) is 0. The molecule has 3 heterocycles. The van der Waals surface area contributed by atoms with Crippen LogP contribution >= 0.6 is 11.3 Å². The van der Waals surface area contributed by atoms with E-state index in [0.29, 0.717) is 6.54 Å². The molecule has 0 amide bonds. The summed E-state index contributed by atoms with van der Waals surface area (Å²) in [4.78, 5) is 9.04. The number of nitrogens with two attached hydrogens (primary N) is 1. The smallest absolute Gasteiger partial charge is 0.137 e. The van der Waals surface area contributed by atoms with Gasteiger partial charge in [0.25, 0.3) is 0 Å². The monoisotopic (exact) mass is 305 g/mol. The third kappa shape index (κ3) is 2.22. The third-order valence-corrected chi connectivity index (χ3v) is 4.73. The van der Waals surface area contributed by atoms with Gasteiger partial charge in [-0.25, -0.2) is 4.98 Å². The van der Waals surface area contributed by atoms with Crippen molar-refractivity contribution in [1.82, 2.24) is 9.97 Å². The Kier molecular flexibility index (Phi) is 3.25. The number of aromatic nitrogens is 2. The highest BCUT2D eigenvalue weighted by Gasteiger charge is 2.09. The molecule has 4 aromatic rings. The minimum absolute atomic E-state index is 0.550. The average Bonchev–Trinajstić information content (AvgIpc) is 3.23. The zero-order valence-corrected chi connectivity index (χ0v) is 12.7. The minimum atomic E-state index is 0.550. The molecule has 0 unspecified atom stereocenters. The number of H-pyrrole nitrogens is 1. The molecule has 0 saturated carbocycles. The minimum Gasteiger partial charge on any atom is -0.346 e. The Balaban J connectivity index is 1.89. The van der Waals surface area contributed by atoms with E-state index >= 15 is 0 Å². The van der Waals surface area contributed by atoms with Gasteiger partial charge in [-0.3, -0.25) is 0 Å². The first-order valence-electron chi connectivity index (χ1n) is 7.15. The van der Waals surface area contributed by atoms with Crippen LogP contribution in [0.1, 0.15) is 5.56 Å². The lowest BCUT2D eigenvalue weighted by Gasteiger charge is -2.04. The Morgan fingerprint density at radius 2 is 2.05 bits per heavy atom. The van der Waals surface area contributed by atoms with Crippen molar-refractivity contribution in [2.45, 2.75) is 6.54 Å². The molecule has 3 aromatic heterocycles. The van der Waals surface area contributed by atoms with Gasteiger partial charge in [0.1, 0.15) is 5.65 Å². The van der Waals surface area contributed by atoms with Gasteiger partial charge in [0.15, 0.2) is 0 Å². The Hall–Kier alpha value is -2.43. The Labute approximate surface area is 132 Å². The molecule has 1 aromatic carbocycles. The average molecular weight is 305 g/mol. The first kappa shape index (κ1) is 13.2. The Morgan fingerprint density at radius 1 is 1.09 bits per heavy atom. The molecule has 4 heteroatoms. The van der Waals surface area contributed by atoms with Gasteiger partial charge in [0.05, 0.1) is 0 Å². The second-order valence-corrected chi connectivity index (χ2v) is 6.15. The van der Waals surface area contributed by atoms with Gasteiger partial charge >= 0.3 is 0 Å². The van der Waals surface area contributed by atoms with Crippen LogP contribution in [0.4, 0.5) is 0 Å². The van der Waals surface area contributed by atoms with Crippen LogP contribution in [0.5, 0.6) is 0 Å². The van der Waals surface area contributed by atoms with Crippen molar-refractivity contribution in [1.29, 1.82) is 0 Å². The van der Waals surface area contributed by atoms with Crippen molar-refractivity contribution in [2.75, 3.05) is 0 Å². The number of fused-ring (bicyclic) bond motifs is 1. The lowest BCUT2D eigenvalue weighted by molar-refractivity contribution is 1.07. The lowest BCUT2D eigenvalue weighted by Crippen LogP contribution is -1.95. The fourth-order valence-electron chi connectivity index (χ4n) is 2.69. The molecule has 3 nitrogen and oxygen atoms in total. The van der Waals surface area contributed by atoms with E-state index in [9.17, 15) is 0 Å². The molecule has 22 heavy (non-hydrogen) atoms. The van der Waals surface area contributed by atoms with Gasteiger partial charge in [0.2, 0.25) is 0 Å². The van der Waals surface area contributed by atoms with Gasteiger partial charge in [-0.15, -0.1) is 11.3 Å². The molecule has 0 aliphatic heterocycles. The first-order chi connectivity index (χ1) is 10.8. The summed E-state index contributed by atoms with van der Waals surface area (Å²) in [6.45, 7) is 0.550. The maximum Gasteiger partial charge on any atom is 0.137 e. The van der Waals surface area contributed by atoms with E-state index in [1.165, 1.54) is 10.4 Å². The Bertz CT molecular complexity index is 923. The topological polar surface area (TPSA) is 54.7 Å². The highest BCUT2D eigenvalue weighted by Crippen LogP contribution is 2.32. The number of benzene rings is 1. The van der Waals surface area contributed by atoms with Gasteiger partial charge < -0.3 is 10.7 Å². The molecule has 0 bridgehead atoms. The number of hydrogen-bond donors (Lipinski definition) is 2. The molecule has 0 saturated heterocycles. The molecule has 0 fully saturated rings. The van der Waals surface area contributed by atoms with E-state index in [1.54, 1.807) is 11.3 Å². The normalized spacial score (nSPS) is 11.1. The fourth-order valence-corrected chi connectivity index (χ4v) is 3.39.